The van der Waals surface area contributed by atoms with Gasteiger partial charge in [-0.2, -0.15) is 0 Å². The highest BCUT2D eigenvalue weighted by Gasteiger charge is 2.27. The molecule has 98 valence electrons. The van der Waals surface area contributed by atoms with Gasteiger partial charge in [0, 0.05) is 12.0 Å². The number of benzene rings is 1. The molecule has 3 rings (SSSR count). The lowest BCUT2D eigenvalue weighted by Gasteiger charge is -2.08. The van der Waals surface area contributed by atoms with E-state index in [1.54, 1.807) is 24.9 Å². The number of halogens is 1. The van der Waals surface area contributed by atoms with E-state index < -0.39 is 0 Å². The molecule has 1 aliphatic rings. The van der Waals surface area contributed by atoms with Crippen molar-refractivity contribution in [1.82, 2.24) is 9.97 Å². The zero-order valence-corrected chi connectivity index (χ0v) is 12.0. The quantitative estimate of drug-likeness (QED) is 0.792. The average Bonchev–Trinajstić information content (AvgIpc) is 3.23. The smallest absolute Gasteiger partial charge is 0.134 e. The summed E-state index contributed by atoms with van der Waals surface area (Å²) in [5.41, 5.74) is 0. The van der Waals surface area contributed by atoms with E-state index >= 15 is 0 Å². The summed E-state index contributed by atoms with van der Waals surface area (Å²) in [7, 11) is 1.67. The van der Waals surface area contributed by atoms with Crippen molar-refractivity contribution in [3.8, 4) is 5.75 Å². The first-order valence-corrected chi connectivity index (χ1v) is 7.31. The summed E-state index contributed by atoms with van der Waals surface area (Å²) in [5, 5.41) is 1.38. The summed E-state index contributed by atoms with van der Waals surface area (Å²) in [5.74, 6) is 2.20. The van der Waals surface area contributed by atoms with Gasteiger partial charge < -0.3 is 4.74 Å². The van der Waals surface area contributed by atoms with E-state index in [0.29, 0.717) is 11.1 Å². The lowest BCUT2D eigenvalue weighted by molar-refractivity contribution is 0.405. The summed E-state index contributed by atoms with van der Waals surface area (Å²) in [4.78, 5) is 9.90. The van der Waals surface area contributed by atoms with E-state index in [4.69, 9.17) is 16.3 Å². The van der Waals surface area contributed by atoms with Crippen molar-refractivity contribution in [3.05, 3.63) is 41.3 Å². The number of nitrogens with zero attached hydrogens (tertiary/aromatic N) is 2. The van der Waals surface area contributed by atoms with Crippen LogP contribution in [-0.2, 0) is 0 Å². The van der Waals surface area contributed by atoms with Gasteiger partial charge in [0.15, 0.2) is 0 Å². The molecule has 3 nitrogen and oxygen atoms in total. The van der Waals surface area contributed by atoms with E-state index in [9.17, 15) is 0 Å². The van der Waals surface area contributed by atoms with Gasteiger partial charge in [0.1, 0.15) is 21.8 Å². The zero-order valence-electron chi connectivity index (χ0n) is 10.5. The maximum atomic E-state index is 6.07. The Labute approximate surface area is 121 Å². The summed E-state index contributed by atoms with van der Waals surface area (Å²) in [6.45, 7) is 0. The van der Waals surface area contributed by atoms with Crippen molar-refractivity contribution < 1.29 is 4.74 Å². The van der Waals surface area contributed by atoms with E-state index in [1.165, 1.54) is 12.8 Å². The molecular weight excluding hydrogens is 280 g/mol. The molecule has 1 heterocycles. The maximum absolute atomic E-state index is 6.07. The Kier molecular flexibility index (Phi) is 3.62. The molecule has 0 unspecified atom stereocenters. The number of aromatic nitrogens is 2. The van der Waals surface area contributed by atoms with E-state index in [0.717, 1.165) is 21.5 Å². The summed E-state index contributed by atoms with van der Waals surface area (Å²) in [6.07, 6.45) is 2.33. The van der Waals surface area contributed by atoms with Crippen LogP contribution in [0.4, 0.5) is 0 Å². The monoisotopic (exact) mass is 292 g/mol. The number of methoxy groups -OCH3 is 1. The minimum Gasteiger partial charge on any atom is -0.496 e. The van der Waals surface area contributed by atoms with E-state index in [-0.39, 0.29) is 0 Å². The van der Waals surface area contributed by atoms with Crippen LogP contribution in [0.3, 0.4) is 0 Å². The van der Waals surface area contributed by atoms with Gasteiger partial charge in [-0.05, 0) is 25.0 Å². The number of para-hydroxylation sites is 1. The van der Waals surface area contributed by atoms with Gasteiger partial charge in [-0.25, -0.2) is 9.97 Å². The molecule has 1 aromatic carbocycles. The first-order chi connectivity index (χ1) is 9.26. The van der Waals surface area contributed by atoms with Crippen molar-refractivity contribution >= 4 is 23.4 Å². The van der Waals surface area contributed by atoms with Crippen LogP contribution < -0.4 is 4.74 Å². The predicted octanol–water partition coefficient (Wildman–Crippen LogP) is 4.17. The third kappa shape index (κ3) is 3.01. The highest BCUT2D eigenvalue weighted by Crippen LogP contribution is 2.40. The minimum absolute atomic E-state index is 0.496. The zero-order chi connectivity index (χ0) is 13.2. The molecule has 5 heteroatoms. The molecule has 0 atom stereocenters. The van der Waals surface area contributed by atoms with Crippen LogP contribution in [0.1, 0.15) is 24.6 Å². The summed E-state index contributed by atoms with van der Waals surface area (Å²) >= 11 is 7.62. The van der Waals surface area contributed by atoms with Gasteiger partial charge in [0.25, 0.3) is 0 Å². The molecule has 0 N–H and O–H groups in total. The van der Waals surface area contributed by atoms with Crippen LogP contribution in [-0.4, -0.2) is 17.1 Å². The predicted molar refractivity (Wildman–Crippen MR) is 76.1 cm³/mol. The van der Waals surface area contributed by atoms with Gasteiger partial charge >= 0.3 is 0 Å². The molecule has 0 aliphatic heterocycles. The first-order valence-electron chi connectivity index (χ1n) is 6.11. The second-order valence-corrected chi connectivity index (χ2v) is 5.86. The Bertz CT molecular complexity index is 602. The maximum Gasteiger partial charge on any atom is 0.134 e. The lowest BCUT2D eigenvalue weighted by atomic mass is 10.3. The second kappa shape index (κ2) is 5.39. The van der Waals surface area contributed by atoms with Crippen LogP contribution >= 0.6 is 23.4 Å². The first kappa shape index (κ1) is 12.8. The molecular formula is C14H13ClN2OS. The average molecular weight is 293 g/mol. The topological polar surface area (TPSA) is 35.0 Å². The van der Waals surface area contributed by atoms with Crippen molar-refractivity contribution in [3.63, 3.8) is 0 Å². The molecule has 0 bridgehead atoms. The minimum atomic E-state index is 0.496. The van der Waals surface area contributed by atoms with Crippen molar-refractivity contribution in [2.75, 3.05) is 7.11 Å². The largest absolute Gasteiger partial charge is 0.496 e. The Balaban J connectivity index is 1.90. The standard InChI is InChI=1S/C14H13ClN2OS/c1-18-10-4-2-3-5-11(10)19-13-8-12(15)16-14(17-13)9-6-7-9/h2-5,8-9H,6-7H2,1H3. The molecule has 1 aliphatic carbocycles. The van der Waals surface area contributed by atoms with E-state index in [2.05, 4.69) is 9.97 Å². The van der Waals surface area contributed by atoms with Crippen LogP contribution in [0, 0.1) is 0 Å². The van der Waals surface area contributed by atoms with Crippen LogP contribution in [0.2, 0.25) is 5.15 Å². The van der Waals surface area contributed by atoms with Crippen molar-refractivity contribution in [1.29, 1.82) is 0 Å². The van der Waals surface area contributed by atoms with Gasteiger partial charge in [0.2, 0.25) is 0 Å². The van der Waals surface area contributed by atoms with Crippen LogP contribution in [0.15, 0.2) is 40.3 Å². The van der Waals surface area contributed by atoms with Gasteiger partial charge in [0.05, 0.1) is 12.0 Å². The highest BCUT2D eigenvalue weighted by molar-refractivity contribution is 7.99. The summed E-state index contributed by atoms with van der Waals surface area (Å²) in [6, 6.07) is 9.68. The lowest BCUT2D eigenvalue weighted by Crippen LogP contribution is -1.94. The molecule has 0 saturated heterocycles. The fourth-order valence-corrected chi connectivity index (χ4v) is 2.99. The van der Waals surface area contributed by atoms with Gasteiger partial charge in [-0.3, -0.25) is 0 Å². The van der Waals surface area contributed by atoms with Crippen LogP contribution in [0.5, 0.6) is 5.75 Å². The van der Waals surface area contributed by atoms with Crippen LogP contribution in [0.25, 0.3) is 0 Å². The Hall–Kier alpha value is -1.26. The molecule has 0 radical (unpaired) electrons. The molecule has 2 aromatic rings. The second-order valence-electron chi connectivity index (χ2n) is 4.41. The van der Waals surface area contributed by atoms with Crippen molar-refractivity contribution in [2.45, 2.75) is 28.7 Å². The number of hydrogen-bond acceptors (Lipinski definition) is 4. The number of rotatable bonds is 4. The third-order valence-corrected chi connectivity index (χ3v) is 4.08. The fraction of sp³-hybridized carbons (Fsp3) is 0.286. The normalized spacial score (nSPS) is 14.4. The Morgan fingerprint density at radius 1 is 1.26 bits per heavy atom. The van der Waals surface area contributed by atoms with E-state index in [1.807, 2.05) is 24.3 Å². The number of hydrogen-bond donors (Lipinski definition) is 0. The fourth-order valence-electron chi connectivity index (χ4n) is 1.81. The highest BCUT2D eigenvalue weighted by atomic mass is 35.5. The molecule has 1 saturated carbocycles. The summed E-state index contributed by atoms with van der Waals surface area (Å²) < 4.78 is 5.34. The third-order valence-electron chi connectivity index (χ3n) is 2.91. The molecule has 1 fully saturated rings. The molecule has 1 aromatic heterocycles. The molecule has 0 spiro atoms. The Morgan fingerprint density at radius 2 is 2.05 bits per heavy atom. The Morgan fingerprint density at radius 3 is 2.79 bits per heavy atom. The molecule has 19 heavy (non-hydrogen) atoms. The number of ether oxygens (including phenoxy) is 1. The molecule has 0 amide bonds. The van der Waals surface area contributed by atoms with Crippen molar-refractivity contribution in [2.24, 2.45) is 0 Å². The van der Waals surface area contributed by atoms with Gasteiger partial charge in [-0.1, -0.05) is 35.5 Å². The van der Waals surface area contributed by atoms with Gasteiger partial charge in [-0.15, -0.1) is 0 Å². The SMILES string of the molecule is COc1ccccc1Sc1cc(Cl)nc(C2CC2)n1.